The summed E-state index contributed by atoms with van der Waals surface area (Å²) in [6, 6.07) is 1.23. The molecule has 0 bridgehead atoms. The predicted octanol–water partition coefficient (Wildman–Crippen LogP) is 0.236. The van der Waals surface area contributed by atoms with Crippen molar-refractivity contribution in [3.63, 3.8) is 0 Å². The quantitative estimate of drug-likeness (QED) is 0.218. The highest BCUT2D eigenvalue weighted by Gasteiger charge is 2.12. The molecule has 0 heterocycles. The third kappa shape index (κ3) is 5.48. The minimum absolute atomic E-state index is 0.576. The average molecular weight is 238 g/mol. The fourth-order valence-corrected chi connectivity index (χ4v) is 1.64. The van der Waals surface area contributed by atoms with E-state index < -0.39 is 0 Å². The van der Waals surface area contributed by atoms with Crippen LogP contribution in [-0.4, -0.2) is 48.3 Å². The van der Waals surface area contributed by atoms with Gasteiger partial charge in [0.15, 0.2) is 0 Å². The maximum atomic E-state index is 5.16. The van der Waals surface area contributed by atoms with Crippen LogP contribution >= 0.6 is 12.0 Å². The number of oxime groups is 1. The van der Waals surface area contributed by atoms with E-state index >= 15 is 0 Å². The summed E-state index contributed by atoms with van der Waals surface area (Å²) in [6.45, 7) is 0.804. The Morgan fingerprint density at radius 1 is 1.43 bits per heavy atom. The maximum absolute atomic E-state index is 5.16. The van der Waals surface area contributed by atoms with Crippen LogP contribution in [0, 0.1) is 0 Å². The Balaban J connectivity index is 4.18. The first-order valence-corrected chi connectivity index (χ1v) is 6.59. The standard InChI is InChI=1S/C7H18N2O3SSi/c1-10-8-7(13-12-3)9(11-2)5-4-6-14/h4-6H2,1-3,14H3. The molecule has 14 heavy (non-hydrogen) atoms. The van der Waals surface area contributed by atoms with E-state index in [1.165, 1.54) is 23.4 Å². The van der Waals surface area contributed by atoms with Crippen molar-refractivity contribution in [2.24, 2.45) is 5.16 Å². The Hall–Kier alpha value is -0.243. The minimum Gasteiger partial charge on any atom is -0.397 e. The lowest BCUT2D eigenvalue weighted by Gasteiger charge is -2.20. The van der Waals surface area contributed by atoms with Crippen molar-refractivity contribution < 1.29 is 13.9 Å². The number of nitrogens with zero attached hydrogens (tertiary/aromatic N) is 2. The van der Waals surface area contributed by atoms with Gasteiger partial charge in [-0.15, -0.1) is 0 Å². The zero-order chi connectivity index (χ0) is 10.8. The second-order valence-electron chi connectivity index (χ2n) is 2.44. The Morgan fingerprint density at radius 3 is 2.57 bits per heavy atom. The molecule has 0 aromatic heterocycles. The molecule has 0 aliphatic rings. The Bertz CT molecular complexity index is 171. The molecule has 5 nitrogen and oxygen atoms in total. The number of amidine groups is 1. The number of hydroxylamine groups is 2. The van der Waals surface area contributed by atoms with E-state index in [1.807, 2.05) is 0 Å². The molecule has 0 radical (unpaired) electrons. The number of rotatable bonds is 6. The molecule has 0 aliphatic carbocycles. The van der Waals surface area contributed by atoms with Crippen molar-refractivity contribution in [3.8, 4) is 0 Å². The minimum atomic E-state index is 0.576. The first kappa shape index (κ1) is 13.8. The highest BCUT2D eigenvalue weighted by atomic mass is 32.2. The van der Waals surface area contributed by atoms with Crippen LogP contribution in [0.4, 0.5) is 0 Å². The van der Waals surface area contributed by atoms with E-state index in [1.54, 1.807) is 19.3 Å². The fourth-order valence-electron chi connectivity index (χ4n) is 0.822. The zero-order valence-corrected chi connectivity index (χ0v) is 12.0. The molecular weight excluding hydrogens is 220 g/mol. The van der Waals surface area contributed by atoms with Gasteiger partial charge in [0.2, 0.25) is 0 Å². The number of hydrogen-bond acceptors (Lipinski definition) is 5. The van der Waals surface area contributed by atoms with Crippen LogP contribution in [0.25, 0.3) is 0 Å². The van der Waals surface area contributed by atoms with Crippen molar-refractivity contribution in [1.29, 1.82) is 0 Å². The van der Waals surface area contributed by atoms with Crippen molar-refractivity contribution in [2.75, 3.05) is 27.9 Å². The summed E-state index contributed by atoms with van der Waals surface area (Å²) in [5, 5.41) is 6.04. The molecule has 84 valence electrons. The van der Waals surface area contributed by atoms with E-state index in [9.17, 15) is 0 Å². The molecule has 0 aliphatic heterocycles. The largest absolute Gasteiger partial charge is 0.397 e. The molecule has 0 saturated carbocycles. The van der Waals surface area contributed by atoms with Crippen LogP contribution in [0.3, 0.4) is 0 Å². The molecular formula is C7H18N2O3SSi. The first-order chi connectivity index (χ1) is 6.79. The van der Waals surface area contributed by atoms with Gasteiger partial charge >= 0.3 is 0 Å². The van der Waals surface area contributed by atoms with E-state index in [-0.39, 0.29) is 0 Å². The van der Waals surface area contributed by atoms with Gasteiger partial charge in [0.1, 0.15) is 7.11 Å². The summed E-state index contributed by atoms with van der Waals surface area (Å²) in [5.74, 6) is 0. The van der Waals surface area contributed by atoms with Crippen molar-refractivity contribution in [3.05, 3.63) is 0 Å². The van der Waals surface area contributed by atoms with Crippen LogP contribution in [0.1, 0.15) is 6.42 Å². The van der Waals surface area contributed by atoms with Gasteiger partial charge in [0.05, 0.1) is 26.3 Å². The summed E-state index contributed by atoms with van der Waals surface area (Å²) < 4.78 is 4.91. The Morgan fingerprint density at radius 2 is 2.14 bits per heavy atom. The highest BCUT2D eigenvalue weighted by Crippen LogP contribution is 2.10. The second-order valence-corrected chi connectivity index (χ2v) is 4.31. The smallest absolute Gasteiger partial charge is 0.253 e. The van der Waals surface area contributed by atoms with Gasteiger partial charge in [-0.1, -0.05) is 11.2 Å². The summed E-state index contributed by atoms with van der Waals surface area (Å²) >= 11 is 1.12. The molecule has 0 unspecified atom stereocenters. The molecule has 0 N–H and O–H groups in total. The van der Waals surface area contributed by atoms with Crippen molar-refractivity contribution in [2.45, 2.75) is 12.5 Å². The van der Waals surface area contributed by atoms with Crippen LogP contribution in [0.5, 0.6) is 0 Å². The van der Waals surface area contributed by atoms with E-state index in [2.05, 4.69) is 5.16 Å². The van der Waals surface area contributed by atoms with E-state index in [0.717, 1.165) is 25.0 Å². The number of hydrogen-bond donors (Lipinski definition) is 0. The lowest BCUT2D eigenvalue weighted by atomic mass is 10.5. The van der Waals surface area contributed by atoms with E-state index in [0.29, 0.717) is 5.17 Å². The highest BCUT2D eigenvalue weighted by molar-refractivity contribution is 8.09. The summed E-state index contributed by atoms with van der Waals surface area (Å²) in [5.41, 5.74) is 0. The third-order valence-corrected chi connectivity index (χ3v) is 2.78. The summed E-state index contributed by atoms with van der Waals surface area (Å²) in [6.07, 6.45) is 1.09. The molecule has 0 aromatic carbocycles. The van der Waals surface area contributed by atoms with Gasteiger partial charge in [0, 0.05) is 16.8 Å². The molecule has 0 saturated heterocycles. The lowest BCUT2D eigenvalue weighted by molar-refractivity contribution is -0.0640. The normalized spacial score (nSPS) is 11.8. The van der Waals surface area contributed by atoms with Crippen molar-refractivity contribution in [1.82, 2.24) is 5.06 Å². The molecule has 0 rings (SSSR count). The fraction of sp³-hybridized carbons (Fsp3) is 0.857. The Labute approximate surface area is 92.3 Å². The van der Waals surface area contributed by atoms with Gasteiger partial charge in [0.25, 0.3) is 5.17 Å². The molecule has 0 fully saturated rings. The molecule has 7 heteroatoms. The maximum Gasteiger partial charge on any atom is 0.253 e. The van der Waals surface area contributed by atoms with Crippen LogP contribution < -0.4 is 0 Å². The average Bonchev–Trinajstić information content (AvgIpc) is 2.19. The van der Waals surface area contributed by atoms with Crippen LogP contribution in [0.15, 0.2) is 5.16 Å². The second kappa shape index (κ2) is 9.32. The molecule has 0 aromatic rings. The Kier molecular flexibility index (Phi) is 9.16. The van der Waals surface area contributed by atoms with Gasteiger partial charge < -0.3 is 9.02 Å². The predicted molar refractivity (Wildman–Crippen MR) is 62.1 cm³/mol. The van der Waals surface area contributed by atoms with E-state index in [4.69, 9.17) is 13.9 Å². The molecule has 0 spiro atoms. The zero-order valence-electron chi connectivity index (χ0n) is 9.15. The van der Waals surface area contributed by atoms with Gasteiger partial charge in [-0.05, 0) is 6.42 Å². The van der Waals surface area contributed by atoms with Gasteiger partial charge in [-0.25, -0.2) is 5.06 Å². The monoisotopic (exact) mass is 238 g/mol. The van der Waals surface area contributed by atoms with Gasteiger partial charge in [-0.3, -0.25) is 4.84 Å². The topological polar surface area (TPSA) is 43.3 Å². The van der Waals surface area contributed by atoms with Crippen LogP contribution in [0.2, 0.25) is 6.04 Å². The summed E-state index contributed by atoms with van der Waals surface area (Å²) in [4.78, 5) is 9.85. The third-order valence-electron chi connectivity index (χ3n) is 1.48. The summed E-state index contributed by atoms with van der Waals surface area (Å²) in [7, 11) is 5.89. The SMILES string of the molecule is CON=C(SOC)N(CCC[SiH3])OC. The van der Waals surface area contributed by atoms with Gasteiger partial charge in [-0.2, -0.15) is 0 Å². The molecule has 0 amide bonds. The van der Waals surface area contributed by atoms with Crippen molar-refractivity contribution >= 4 is 27.5 Å². The first-order valence-electron chi connectivity index (χ1n) is 4.43. The van der Waals surface area contributed by atoms with Crippen LogP contribution in [-0.2, 0) is 13.9 Å². The lowest BCUT2D eigenvalue weighted by Crippen LogP contribution is -2.29. The molecule has 0 atom stereocenters.